The van der Waals surface area contributed by atoms with Gasteiger partial charge in [0.15, 0.2) is 0 Å². The van der Waals surface area contributed by atoms with Gasteiger partial charge >= 0.3 is 5.97 Å². The Morgan fingerprint density at radius 3 is 2.29 bits per heavy atom. The second kappa shape index (κ2) is 10.4. The fourth-order valence-electron chi connectivity index (χ4n) is 3.60. The zero-order chi connectivity index (χ0) is 22.2. The van der Waals surface area contributed by atoms with Crippen LogP contribution in [0.4, 0.5) is 0 Å². The molecule has 2 atom stereocenters. The van der Waals surface area contributed by atoms with E-state index in [0.717, 1.165) is 5.56 Å². The number of likely N-dealkylation sites (tertiary alicyclic amines) is 1. The lowest BCUT2D eigenvalue weighted by molar-refractivity contribution is -0.148. The summed E-state index contributed by atoms with van der Waals surface area (Å²) in [4.78, 5) is 50.4. The van der Waals surface area contributed by atoms with Crippen molar-refractivity contribution in [2.24, 2.45) is 0 Å². The molecule has 31 heavy (non-hydrogen) atoms. The van der Waals surface area contributed by atoms with E-state index in [1.165, 1.54) is 4.90 Å². The van der Waals surface area contributed by atoms with Gasteiger partial charge in [0.05, 0.1) is 6.54 Å². The maximum atomic E-state index is 12.8. The van der Waals surface area contributed by atoms with Gasteiger partial charge in [-0.3, -0.25) is 14.4 Å². The van der Waals surface area contributed by atoms with Crippen LogP contribution in [-0.4, -0.2) is 58.9 Å². The first-order valence-electron chi connectivity index (χ1n) is 10.2. The van der Waals surface area contributed by atoms with Crippen LogP contribution in [0.1, 0.15) is 28.8 Å². The standard InChI is InChI=1S/C23H25N3O5/c27-20(26-13-7-12-19(26)23(30)31)15-24-22(29)18(14-16-8-3-1-4-9-16)25-21(28)17-10-5-2-6-11-17/h1-6,8-11,18-19H,7,12-15H2,(H,24,29)(H,25,28)(H,30,31)/t18-,19-/m0/s1. The topological polar surface area (TPSA) is 116 Å². The van der Waals surface area contributed by atoms with Crippen molar-refractivity contribution in [1.29, 1.82) is 0 Å². The quantitative estimate of drug-likeness (QED) is 0.590. The maximum Gasteiger partial charge on any atom is 0.326 e. The van der Waals surface area contributed by atoms with Crippen LogP contribution in [0.5, 0.6) is 0 Å². The zero-order valence-electron chi connectivity index (χ0n) is 17.0. The fraction of sp³-hybridized carbons (Fsp3) is 0.304. The number of rotatable bonds is 8. The molecule has 0 bridgehead atoms. The smallest absolute Gasteiger partial charge is 0.326 e. The first-order chi connectivity index (χ1) is 15.0. The number of nitrogens with one attached hydrogen (secondary N) is 2. The molecule has 0 spiro atoms. The molecule has 0 saturated carbocycles. The van der Waals surface area contributed by atoms with Crippen LogP contribution in [0.3, 0.4) is 0 Å². The average Bonchev–Trinajstić information content (AvgIpc) is 3.28. The molecule has 1 fully saturated rings. The second-order valence-corrected chi connectivity index (χ2v) is 7.38. The highest BCUT2D eigenvalue weighted by Crippen LogP contribution is 2.17. The Morgan fingerprint density at radius 1 is 1.00 bits per heavy atom. The predicted octanol–water partition coefficient (Wildman–Crippen LogP) is 1.22. The van der Waals surface area contributed by atoms with Crippen molar-refractivity contribution in [3.05, 3.63) is 71.8 Å². The molecule has 1 aliphatic heterocycles. The van der Waals surface area contributed by atoms with Gasteiger partial charge in [-0.1, -0.05) is 48.5 Å². The van der Waals surface area contributed by atoms with Crippen LogP contribution in [0.15, 0.2) is 60.7 Å². The summed E-state index contributed by atoms with van der Waals surface area (Å²) in [6.45, 7) is 0.0268. The van der Waals surface area contributed by atoms with E-state index in [1.54, 1.807) is 30.3 Å². The van der Waals surface area contributed by atoms with Gasteiger partial charge in [-0.2, -0.15) is 0 Å². The molecule has 162 valence electrons. The number of aliphatic carboxylic acids is 1. The van der Waals surface area contributed by atoms with E-state index in [4.69, 9.17) is 0 Å². The minimum absolute atomic E-state index is 0.251. The molecule has 0 radical (unpaired) electrons. The Labute approximate surface area is 180 Å². The predicted molar refractivity (Wildman–Crippen MR) is 113 cm³/mol. The van der Waals surface area contributed by atoms with E-state index >= 15 is 0 Å². The molecule has 1 saturated heterocycles. The summed E-state index contributed by atoms with van der Waals surface area (Å²) in [5.74, 6) is -2.40. The van der Waals surface area contributed by atoms with E-state index in [1.807, 2.05) is 30.3 Å². The average molecular weight is 423 g/mol. The molecule has 8 heteroatoms. The minimum Gasteiger partial charge on any atom is -0.480 e. The molecule has 2 aromatic rings. The summed E-state index contributed by atoms with van der Waals surface area (Å²) in [7, 11) is 0. The van der Waals surface area contributed by atoms with Crippen molar-refractivity contribution in [3.63, 3.8) is 0 Å². The second-order valence-electron chi connectivity index (χ2n) is 7.38. The van der Waals surface area contributed by atoms with Crippen molar-refractivity contribution < 1.29 is 24.3 Å². The molecule has 1 heterocycles. The molecule has 0 aliphatic carbocycles. The molecular weight excluding hydrogens is 398 g/mol. The number of carbonyl (C=O) groups is 4. The van der Waals surface area contributed by atoms with Crippen molar-refractivity contribution in [2.75, 3.05) is 13.1 Å². The van der Waals surface area contributed by atoms with E-state index in [0.29, 0.717) is 24.9 Å². The number of carbonyl (C=O) groups excluding carboxylic acids is 3. The number of amides is 3. The normalized spacial score (nSPS) is 16.4. The van der Waals surface area contributed by atoms with Gasteiger partial charge in [-0.15, -0.1) is 0 Å². The monoisotopic (exact) mass is 423 g/mol. The van der Waals surface area contributed by atoms with E-state index in [2.05, 4.69) is 10.6 Å². The highest BCUT2D eigenvalue weighted by molar-refractivity contribution is 5.98. The van der Waals surface area contributed by atoms with Gasteiger partial charge < -0.3 is 20.6 Å². The van der Waals surface area contributed by atoms with Gasteiger partial charge in [0.1, 0.15) is 12.1 Å². The molecule has 2 aromatic carbocycles. The van der Waals surface area contributed by atoms with Gasteiger partial charge in [0.25, 0.3) is 5.91 Å². The first kappa shape index (κ1) is 22.0. The van der Waals surface area contributed by atoms with E-state index in [9.17, 15) is 24.3 Å². The number of hydrogen-bond acceptors (Lipinski definition) is 4. The molecule has 0 aromatic heterocycles. The van der Waals surface area contributed by atoms with Crippen molar-refractivity contribution in [2.45, 2.75) is 31.3 Å². The van der Waals surface area contributed by atoms with Gasteiger partial charge in [-0.25, -0.2) is 4.79 Å². The Morgan fingerprint density at radius 2 is 1.65 bits per heavy atom. The fourth-order valence-corrected chi connectivity index (χ4v) is 3.60. The van der Waals surface area contributed by atoms with Crippen molar-refractivity contribution >= 4 is 23.7 Å². The molecule has 3 rings (SSSR count). The minimum atomic E-state index is -1.05. The van der Waals surface area contributed by atoms with Gasteiger partial charge in [0, 0.05) is 18.5 Å². The summed E-state index contributed by atoms with van der Waals surface area (Å²) in [6, 6.07) is 16.0. The molecular formula is C23H25N3O5. The maximum absolute atomic E-state index is 12.8. The van der Waals surface area contributed by atoms with Crippen LogP contribution in [0, 0.1) is 0 Å². The summed E-state index contributed by atoms with van der Waals surface area (Å²) in [6.07, 6.45) is 1.26. The van der Waals surface area contributed by atoms with Crippen molar-refractivity contribution in [1.82, 2.24) is 15.5 Å². The molecule has 1 aliphatic rings. The lowest BCUT2D eigenvalue weighted by Gasteiger charge is -2.23. The first-order valence-corrected chi connectivity index (χ1v) is 10.2. The number of benzene rings is 2. The molecule has 3 N–H and O–H groups in total. The molecule has 3 amide bonds. The number of carboxylic acid groups (broad SMARTS) is 1. The third-order valence-electron chi connectivity index (χ3n) is 5.21. The van der Waals surface area contributed by atoms with E-state index < -0.39 is 35.8 Å². The van der Waals surface area contributed by atoms with Crippen LogP contribution < -0.4 is 10.6 Å². The number of hydrogen-bond donors (Lipinski definition) is 3. The third kappa shape index (κ3) is 5.91. The highest BCUT2D eigenvalue weighted by atomic mass is 16.4. The largest absolute Gasteiger partial charge is 0.480 e. The lowest BCUT2D eigenvalue weighted by Crippen LogP contribution is -2.51. The Balaban J connectivity index is 1.66. The zero-order valence-corrected chi connectivity index (χ0v) is 17.0. The van der Waals surface area contributed by atoms with Gasteiger partial charge in [0.2, 0.25) is 11.8 Å². The third-order valence-corrected chi connectivity index (χ3v) is 5.21. The molecule has 8 nitrogen and oxygen atoms in total. The summed E-state index contributed by atoms with van der Waals surface area (Å²) in [5, 5.41) is 14.5. The summed E-state index contributed by atoms with van der Waals surface area (Å²) >= 11 is 0. The van der Waals surface area contributed by atoms with E-state index in [-0.39, 0.29) is 13.0 Å². The van der Waals surface area contributed by atoms with Crippen molar-refractivity contribution in [3.8, 4) is 0 Å². The highest BCUT2D eigenvalue weighted by Gasteiger charge is 2.34. The van der Waals surface area contributed by atoms with Crippen LogP contribution in [-0.2, 0) is 20.8 Å². The number of nitrogens with zero attached hydrogens (tertiary/aromatic N) is 1. The summed E-state index contributed by atoms with van der Waals surface area (Å²) in [5.41, 5.74) is 1.28. The van der Waals surface area contributed by atoms with Gasteiger partial charge in [-0.05, 0) is 30.5 Å². The summed E-state index contributed by atoms with van der Waals surface area (Å²) < 4.78 is 0. The Bertz CT molecular complexity index is 933. The number of carboxylic acids is 1. The van der Waals surface area contributed by atoms with Crippen LogP contribution >= 0.6 is 0 Å². The SMILES string of the molecule is O=C(N[C@@H](Cc1ccccc1)C(=O)NCC(=O)N1CCC[C@H]1C(=O)O)c1ccccc1. The Kier molecular flexibility index (Phi) is 7.37. The van der Waals surface area contributed by atoms with Crippen LogP contribution in [0.2, 0.25) is 0 Å². The lowest BCUT2D eigenvalue weighted by atomic mass is 10.0. The van der Waals surface area contributed by atoms with Crippen LogP contribution in [0.25, 0.3) is 0 Å². The molecule has 0 unspecified atom stereocenters. The Hall–Kier alpha value is -3.68.